The van der Waals surface area contributed by atoms with Gasteiger partial charge in [-0.2, -0.15) is 10.5 Å². The van der Waals surface area contributed by atoms with Crippen molar-refractivity contribution in [3.63, 3.8) is 0 Å². The van der Waals surface area contributed by atoms with Crippen LogP contribution in [0.1, 0.15) is 37.1 Å². The van der Waals surface area contributed by atoms with Gasteiger partial charge in [-0.15, -0.1) is 0 Å². The molecule has 2 atom stereocenters. The largest absolute Gasteiger partial charge is 0.344 e. The van der Waals surface area contributed by atoms with Crippen LogP contribution in [0.3, 0.4) is 0 Å². The maximum atomic E-state index is 11.3. The summed E-state index contributed by atoms with van der Waals surface area (Å²) < 4.78 is 0. The third-order valence-electron chi connectivity index (χ3n) is 4.53. The summed E-state index contributed by atoms with van der Waals surface area (Å²) in [6, 6.07) is 3.25. The maximum Gasteiger partial charge on any atom is 0.184 e. The summed E-state index contributed by atoms with van der Waals surface area (Å²) in [6.07, 6.45) is 4.74. The molecule has 2 aliphatic heterocycles. The number of carbonyl (C=O) groups is 2. The quantitative estimate of drug-likeness (QED) is 0.738. The van der Waals surface area contributed by atoms with Gasteiger partial charge in [-0.25, -0.2) is 9.97 Å². The van der Waals surface area contributed by atoms with Gasteiger partial charge in [0.2, 0.25) is 0 Å². The fourth-order valence-corrected chi connectivity index (χ4v) is 3.36. The Labute approximate surface area is 139 Å². The first kappa shape index (κ1) is 15.9. The molecule has 3 rings (SSSR count). The zero-order valence-corrected chi connectivity index (χ0v) is 13.1. The topological polar surface area (TPSA) is 114 Å². The lowest BCUT2D eigenvalue weighted by Gasteiger charge is -2.26. The third kappa shape index (κ3) is 2.56. The molecule has 0 amide bonds. The van der Waals surface area contributed by atoms with Gasteiger partial charge in [-0.05, 0) is 25.7 Å². The first-order chi connectivity index (χ1) is 11.7. The normalized spacial score (nSPS) is 22.9. The van der Waals surface area contributed by atoms with Crippen LogP contribution >= 0.6 is 0 Å². The van der Waals surface area contributed by atoms with Crippen molar-refractivity contribution in [2.75, 3.05) is 22.9 Å². The monoisotopic (exact) mass is 324 g/mol. The number of carbonyl (C=O) groups excluding carboxylic acids is 2. The van der Waals surface area contributed by atoms with Crippen LogP contribution in [0.25, 0.3) is 0 Å². The van der Waals surface area contributed by atoms with Crippen LogP contribution in [0, 0.1) is 22.7 Å². The van der Waals surface area contributed by atoms with E-state index in [1.807, 2.05) is 12.1 Å². The molecule has 24 heavy (non-hydrogen) atoms. The molecule has 0 spiro atoms. The highest BCUT2D eigenvalue weighted by Crippen LogP contribution is 2.31. The van der Waals surface area contributed by atoms with Crippen molar-refractivity contribution in [2.45, 2.75) is 37.8 Å². The Bertz CT molecular complexity index is 691. The average Bonchev–Trinajstić information content (AvgIpc) is 3.28. The van der Waals surface area contributed by atoms with Crippen molar-refractivity contribution >= 4 is 24.2 Å². The Balaban J connectivity index is 2.11. The predicted octanol–water partition coefficient (Wildman–Crippen LogP) is 0.555. The van der Waals surface area contributed by atoms with Crippen molar-refractivity contribution in [3.8, 4) is 12.1 Å². The number of nitriles is 2. The highest BCUT2D eigenvalue weighted by atomic mass is 16.1. The number of hydrogen-bond donors (Lipinski definition) is 0. The van der Waals surface area contributed by atoms with E-state index in [9.17, 15) is 20.1 Å². The number of rotatable bonds is 4. The second-order valence-electron chi connectivity index (χ2n) is 5.87. The fourth-order valence-electron chi connectivity index (χ4n) is 3.36. The number of hydrogen-bond acceptors (Lipinski definition) is 8. The van der Waals surface area contributed by atoms with Crippen molar-refractivity contribution in [2.24, 2.45) is 0 Å². The summed E-state index contributed by atoms with van der Waals surface area (Å²) in [7, 11) is 0. The molecule has 8 heteroatoms. The molecule has 0 aliphatic carbocycles. The van der Waals surface area contributed by atoms with Gasteiger partial charge in [0, 0.05) is 13.1 Å². The van der Waals surface area contributed by atoms with E-state index in [-0.39, 0.29) is 23.5 Å². The predicted molar refractivity (Wildman–Crippen MR) is 84.3 cm³/mol. The van der Waals surface area contributed by atoms with E-state index in [4.69, 9.17) is 0 Å². The van der Waals surface area contributed by atoms with Gasteiger partial charge in [0.15, 0.2) is 23.0 Å². The van der Waals surface area contributed by atoms with E-state index in [0.29, 0.717) is 37.6 Å². The van der Waals surface area contributed by atoms with E-state index >= 15 is 0 Å². The molecule has 0 N–H and O–H groups in total. The van der Waals surface area contributed by atoms with Crippen LogP contribution in [0.2, 0.25) is 0 Å². The molecule has 2 saturated heterocycles. The molecule has 8 nitrogen and oxygen atoms in total. The lowest BCUT2D eigenvalue weighted by molar-refractivity contribution is -0.109. The van der Waals surface area contributed by atoms with Crippen LogP contribution in [-0.2, 0) is 9.59 Å². The van der Waals surface area contributed by atoms with Crippen molar-refractivity contribution in [1.82, 2.24) is 9.97 Å². The number of aromatic nitrogens is 2. The minimum Gasteiger partial charge on any atom is -0.344 e. The number of anilines is 2. The van der Waals surface area contributed by atoms with Gasteiger partial charge in [-0.3, -0.25) is 0 Å². The lowest BCUT2D eigenvalue weighted by Crippen LogP contribution is -2.35. The smallest absolute Gasteiger partial charge is 0.184 e. The summed E-state index contributed by atoms with van der Waals surface area (Å²) in [4.78, 5) is 34.7. The van der Waals surface area contributed by atoms with Crippen LogP contribution in [-0.4, -0.2) is 47.7 Å². The first-order valence-electron chi connectivity index (χ1n) is 7.89. The molecule has 1 aromatic heterocycles. The van der Waals surface area contributed by atoms with Crippen molar-refractivity contribution < 1.29 is 9.59 Å². The molecule has 1 aromatic rings. The maximum absolute atomic E-state index is 11.3. The van der Waals surface area contributed by atoms with Crippen molar-refractivity contribution in [3.05, 3.63) is 11.4 Å². The Morgan fingerprint density at radius 1 is 0.875 bits per heavy atom. The van der Waals surface area contributed by atoms with E-state index in [0.717, 1.165) is 25.4 Å². The highest BCUT2D eigenvalue weighted by Gasteiger charge is 2.32. The number of nitrogens with zero attached hydrogens (tertiary/aromatic N) is 6. The Morgan fingerprint density at radius 2 is 1.33 bits per heavy atom. The lowest BCUT2D eigenvalue weighted by atomic mass is 10.2. The molecule has 2 aliphatic rings. The van der Waals surface area contributed by atoms with Gasteiger partial charge in [0.05, 0.1) is 12.1 Å². The van der Waals surface area contributed by atoms with Crippen molar-refractivity contribution in [1.29, 1.82) is 10.5 Å². The zero-order chi connectivity index (χ0) is 17.1. The zero-order valence-electron chi connectivity index (χ0n) is 13.1. The van der Waals surface area contributed by atoms with Gasteiger partial charge in [-0.1, -0.05) is 0 Å². The standard InChI is InChI=1S/C16H16N6O2/c17-7-13-15(21-5-1-3-11(21)9-23)20-16(14(8-18)19-13)22-6-2-4-12(22)10-24/h9-12H,1-6H2. The molecule has 0 aromatic carbocycles. The van der Waals surface area contributed by atoms with E-state index in [2.05, 4.69) is 9.97 Å². The highest BCUT2D eigenvalue weighted by molar-refractivity contribution is 5.72. The van der Waals surface area contributed by atoms with Gasteiger partial charge in [0.25, 0.3) is 0 Å². The first-order valence-corrected chi connectivity index (χ1v) is 7.89. The van der Waals surface area contributed by atoms with Crippen LogP contribution in [0.4, 0.5) is 11.6 Å². The van der Waals surface area contributed by atoms with Crippen LogP contribution in [0.15, 0.2) is 0 Å². The minimum atomic E-state index is -0.340. The van der Waals surface area contributed by atoms with Gasteiger partial charge < -0.3 is 19.4 Å². The van der Waals surface area contributed by atoms with E-state index in [1.54, 1.807) is 9.80 Å². The molecular formula is C16H16N6O2. The summed E-state index contributed by atoms with van der Waals surface area (Å²) in [6.45, 7) is 1.21. The molecule has 3 heterocycles. The molecular weight excluding hydrogens is 308 g/mol. The Morgan fingerprint density at radius 3 is 1.71 bits per heavy atom. The minimum absolute atomic E-state index is 0.0332. The van der Waals surface area contributed by atoms with Crippen LogP contribution in [0.5, 0.6) is 0 Å². The van der Waals surface area contributed by atoms with Crippen LogP contribution < -0.4 is 9.80 Å². The second-order valence-corrected chi connectivity index (χ2v) is 5.87. The average molecular weight is 324 g/mol. The van der Waals surface area contributed by atoms with Gasteiger partial charge >= 0.3 is 0 Å². The molecule has 0 saturated carbocycles. The molecule has 2 fully saturated rings. The fraction of sp³-hybridized carbons (Fsp3) is 0.500. The molecule has 0 bridgehead atoms. The number of aldehydes is 2. The summed E-state index contributed by atoms with van der Waals surface area (Å²) in [5.74, 6) is 0.635. The van der Waals surface area contributed by atoms with Gasteiger partial charge in [0.1, 0.15) is 24.7 Å². The SMILES string of the molecule is N#Cc1nc(C#N)c(N2CCCC2C=O)nc1N1CCCC1C=O. The molecule has 0 radical (unpaired) electrons. The van der Waals surface area contributed by atoms with E-state index < -0.39 is 0 Å². The summed E-state index contributed by atoms with van der Waals surface area (Å²) in [5, 5.41) is 18.7. The third-order valence-corrected chi connectivity index (χ3v) is 4.53. The Kier molecular flexibility index (Phi) is 4.39. The Hall–Kier alpha value is -3.00. The summed E-state index contributed by atoms with van der Waals surface area (Å²) >= 11 is 0. The second kappa shape index (κ2) is 6.63. The molecule has 2 unspecified atom stereocenters. The van der Waals surface area contributed by atoms with E-state index in [1.165, 1.54) is 0 Å². The summed E-state index contributed by atoms with van der Waals surface area (Å²) in [5.41, 5.74) is 0.0665. The molecule has 122 valence electrons.